The highest BCUT2D eigenvalue weighted by Gasteiger charge is 2.30. The Balaban J connectivity index is 1.63. The topological polar surface area (TPSA) is 0 Å². The van der Waals surface area contributed by atoms with Crippen LogP contribution in [0.25, 0.3) is 16.3 Å². The lowest BCUT2D eigenvalue weighted by Gasteiger charge is -2.21. The zero-order valence-electron chi connectivity index (χ0n) is 13.3. The van der Waals surface area contributed by atoms with E-state index >= 15 is 0 Å². The number of hydrogen-bond acceptors (Lipinski definition) is 0. The molecule has 0 fully saturated rings. The second kappa shape index (κ2) is 5.09. The van der Waals surface area contributed by atoms with E-state index in [9.17, 15) is 0 Å². The molecule has 0 heteroatoms. The zero-order valence-corrected chi connectivity index (χ0v) is 13.3. The van der Waals surface area contributed by atoms with Crippen molar-refractivity contribution in [1.82, 2.24) is 0 Å². The first kappa shape index (κ1) is 13.1. The summed E-state index contributed by atoms with van der Waals surface area (Å²) in [7, 11) is 0. The van der Waals surface area contributed by atoms with E-state index in [1.165, 1.54) is 42.0 Å². The van der Waals surface area contributed by atoms with Gasteiger partial charge in [0.1, 0.15) is 0 Å². The van der Waals surface area contributed by atoms with E-state index in [2.05, 4.69) is 66.7 Å². The predicted octanol–water partition coefficient (Wildman–Crippen LogP) is 6.12. The van der Waals surface area contributed by atoms with Crippen molar-refractivity contribution in [2.24, 2.45) is 0 Å². The third-order valence-corrected chi connectivity index (χ3v) is 5.65. The van der Waals surface area contributed by atoms with Gasteiger partial charge in [0, 0.05) is 0 Å². The molecule has 0 amide bonds. The third-order valence-electron chi connectivity index (χ3n) is 5.65. The highest BCUT2D eigenvalue weighted by molar-refractivity contribution is 5.97. The molecular formula is C23H20. The van der Waals surface area contributed by atoms with Gasteiger partial charge in [0.15, 0.2) is 0 Å². The summed E-state index contributed by atoms with van der Waals surface area (Å²) < 4.78 is 0. The van der Waals surface area contributed by atoms with Crippen molar-refractivity contribution in [2.45, 2.75) is 31.6 Å². The van der Waals surface area contributed by atoms with Crippen molar-refractivity contribution >= 4 is 16.3 Å². The summed E-state index contributed by atoms with van der Waals surface area (Å²) in [6.07, 6.45) is 4.92. The molecule has 0 nitrogen and oxygen atoms in total. The van der Waals surface area contributed by atoms with Gasteiger partial charge in [-0.15, -0.1) is 0 Å². The fourth-order valence-electron chi connectivity index (χ4n) is 4.54. The van der Waals surface area contributed by atoms with Gasteiger partial charge in [-0.1, -0.05) is 72.3 Å². The van der Waals surface area contributed by atoms with Gasteiger partial charge in [0.2, 0.25) is 0 Å². The van der Waals surface area contributed by atoms with Gasteiger partial charge in [-0.3, -0.25) is 0 Å². The number of aryl methyl sites for hydroxylation is 1. The van der Waals surface area contributed by atoms with Crippen molar-refractivity contribution in [3.8, 4) is 0 Å². The Kier molecular flexibility index (Phi) is 2.91. The molecule has 112 valence electrons. The van der Waals surface area contributed by atoms with Crippen LogP contribution >= 0.6 is 0 Å². The molecule has 0 saturated carbocycles. The van der Waals surface area contributed by atoms with Gasteiger partial charge >= 0.3 is 0 Å². The normalized spacial score (nSPS) is 19.7. The van der Waals surface area contributed by atoms with Crippen LogP contribution < -0.4 is 0 Å². The maximum atomic E-state index is 2.36. The molecule has 3 aromatic carbocycles. The van der Waals surface area contributed by atoms with Crippen LogP contribution in [0.15, 0.2) is 72.3 Å². The molecule has 0 N–H and O–H groups in total. The Morgan fingerprint density at radius 2 is 1.52 bits per heavy atom. The second-order valence-corrected chi connectivity index (χ2v) is 6.92. The van der Waals surface area contributed by atoms with Gasteiger partial charge in [0.25, 0.3) is 0 Å². The fraction of sp³-hybridized carbons (Fsp3) is 0.217. The van der Waals surface area contributed by atoms with Gasteiger partial charge in [-0.25, -0.2) is 0 Å². The molecule has 23 heavy (non-hydrogen) atoms. The molecule has 0 aliphatic heterocycles. The third kappa shape index (κ3) is 2.05. The fourth-order valence-corrected chi connectivity index (χ4v) is 4.54. The minimum Gasteiger partial charge on any atom is -0.0654 e. The maximum Gasteiger partial charge on any atom is -0.00838 e. The molecule has 0 spiro atoms. The lowest BCUT2D eigenvalue weighted by molar-refractivity contribution is 0.728. The van der Waals surface area contributed by atoms with Crippen molar-refractivity contribution in [3.05, 3.63) is 89.0 Å². The van der Waals surface area contributed by atoms with Crippen molar-refractivity contribution in [1.29, 1.82) is 0 Å². The molecule has 0 heterocycles. The van der Waals surface area contributed by atoms with Crippen LogP contribution in [-0.4, -0.2) is 0 Å². The maximum absolute atomic E-state index is 2.36. The Bertz CT molecular complexity index is 915. The Morgan fingerprint density at radius 1 is 0.696 bits per heavy atom. The first-order valence-electron chi connectivity index (χ1n) is 8.67. The van der Waals surface area contributed by atoms with E-state index in [0.717, 1.165) is 0 Å². The molecule has 3 aromatic rings. The molecule has 1 unspecified atom stereocenters. The summed E-state index contributed by atoms with van der Waals surface area (Å²) in [5.41, 5.74) is 7.97. The number of benzene rings is 3. The van der Waals surface area contributed by atoms with Crippen LogP contribution in [0.5, 0.6) is 0 Å². The summed E-state index contributed by atoms with van der Waals surface area (Å²) in [5.74, 6) is 0.672. The Labute approximate surface area is 137 Å². The van der Waals surface area contributed by atoms with E-state index < -0.39 is 0 Å². The van der Waals surface area contributed by atoms with Crippen LogP contribution in [0.2, 0.25) is 0 Å². The van der Waals surface area contributed by atoms with Crippen molar-refractivity contribution in [2.75, 3.05) is 0 Å². The van der Waals surface area contributed by atoms with E-state index in [-0.39, 0.29) is 0 Å². The number of fused-ring (bicyclic) bond motifs is 4. The number of rotatable bonds is 1. The smallest absolute Gasteiger partial charge is 0.00838 e. The minimum absolute atomic E-state index is 0.672. The van der Waals surface area contributed by atoms with Gasteiger partial charge in [0.05, 0.1) is 0 Å². The molecule has 0 saturated heterocycles. The zero-order chi connectivity index (χ0) is 15.2. The quantitative estimate of drug-likeness (QED) is 0.507. The Morgan fingerprint density at radius 3 is 2.43 bits per heavy atom. The van der Waals surface area contributed by atoms with E-state index in [1.54, 1.807) is 22.3 Å². The summed E-state index contributed by atoms with van der Waals surface area (Å²) >= 11 is 0. The standard InChI is InChI=1S/C23H20/c1-2-6-16(7-3-1)20-14-19-13-12-18-11-10-17-8-4-5-9-21(17)23(18)22(19)15-20/h1-11,20H,12-15H2. The molecule has 1 atom stereocenters. The SMILES string of the molecule is c1ccc(C2CC3=C(C2)c2c(ccc4ccccc24)CC3)cc1. The summed E-state index contributed by atoms with van der Waals surface area (Å²) in [5, 5.41) is 2.83. The highest BCUT2D eigenvalue weighted by Crippen LogP contribution is 2.49. The first-order chi connectivity index (χ1) is 11.4. The largest absolute Gasteiger partial charge is 0.0654 e. The molecule has 5 rings (SSSR count). The molecule has 2 aliphatic rings. The Hall–Kier alpha value is -2.34. The van der Waals surface area contributed by atoms with Crippen LogP contribution in [0.4, 0.5) is 0 Å². The number of hydrogen-bond donors (Lipinski definition) is 0. The molecule has 0 radical (unpaired) electrons. The molecular weight excluding hydrogens is 276 g/mol. The molecule has 0 aromatic heterocycles. The van der Waals surface area contributed by atoms with Gasteiger partial charge in [-0.05, 0) is 64.6 Å². The molecule has 2 aliphatic carbocycles. The lowest BCUT2D eigenvalue weighted by atomic mass is 9.84. The van der Waals surface area contributed by atoms with Gasteiger partial charge < -0.3 is 0 Å². The first-order valence-corrected chi connectivity index (χ1v) is 8.67. The summed E-state index contributed by atoms with van der Waals surface area (Å²) in [4.78, 5) is 0. The van der Waals surface area contributed by atoms with Crippen LogP contribution in [0.1, 0.15) is 41.9 Å². The lowest BCUT2D eigenvalue weighted by Crippen LogP contribution is -2.02. The van der Waals surface area contributed by atoms with E-state index in [1.807, 2.05) is 0 Å². The molecule has 0 bridgehead atoms. The van der Waals surface area contributed by atoms with E-state index in [0.29, 0.717) is 5.92 Å². The monoisotopic (exact) mass is 296 g/mol. The number of allylic oxidation sites excluding steroid dienone is 2. The average molecular weight is 296 g/mol. The second-order valence-electron chi connectivity index (χ2n) is 6.92. The van der Waals surface area contributed by atoms with Crippen LogP contribution in [0.3, 0.4) is 0 Å². The van der Waals surface area contributed by atoms with Crippen molar-refractivity contribution in [3.63, 3.8) is 0 Å². The average Bonchev–Trinajstić information content (AvgIpc) is 3.06. The predicted molar refractivity (Wildman–Crippen MR) is 97.6 cm³/mol. The summed E-state index contributed by atoms with van der Waals surface area (Å²) in [6, 6.07) is 24.6. The highest BCUT2D eigenvalue weighted by atomic mass is 14.3. The van der Waals surface area contributed by atoms with E-state index in [4.69, 9.17) is 0 Å². The van der Waals surface area contributed by atoms with Crippen LogP contribution in [0, 0.1) is 0 Å². The minimum atomic E-state index is 0.672. The summed E-state index contributed by atoms with van der Waals surface area (Å²) in [6.45, 7) is 0. The van der Waals surface area contributed by atoms with Crippen molar-refractivity contribution < 1.29 is 0 Å². The van der Waals surface area contributed by atoms with Gasteiger partial charge in [-0.2, -0.15) is 0 Å². The van der Waals surface area contributed by atoms with Crippen LogP contribution in [-0.2, 0) is 6.42 Å².